The quantitative estimate of drug-likeness (QED) is 0.620. The van der Waals surface area contributed by atoms with Gasteiger partial charge >= 0.3 is 0 Å². The van der Waals surface area contributed by atoms with E-state index in [0.29, 0.717) is 6.42 Å². The van der Waals surface area contributed by atoms with Gasteiger partial charge in [0, 0.05) is 6.61 Å². The van der Waals surface area contributed by atoms with Gasteiger partial charge in [0.15, 0.2) is 0 Å². The highest BCUT2D eigenvalue weighted by atomic mass is 16.3. The molecule has 0 rings (SSSR count). The van der Waals surface area contributed by atoms with Crippen molar-refractivity contribution in [2.75, 3.05) is 6.61 Å². The predicted octanol–water partition coefficient (Wildman–Crippen LogP) is 2.03. The molecule has 0 aliphatic heterocycles. The Morgan fingerprint density at radius 3 is 2.69 bits per heavy atom. The summed E-state index contributed by atoms with van der Waals surface area (Å²) in [4.78, 5) is 0. The second-order valence-electron chi connectivity index (χ2n) is 3.19. The third-order valence-corrected chi connectivity index (χ3v) is 1.75. The van der Waals surface area contributed by atoms with Gasteiger partial charge in [-0.15, -0.1) is 0 Å². The van der Waals surface area contributed by atoms with E-state index in [1.807, 2.05) is 13.0 Å². The molecule has 2 N–H and O–H groups in total. The maximum absolute atomic E-state index is 9.43. The molecule has 1 unspecified atom stereocenters. The van der Waals surface area contributed by atoms with Crippen LogP contribution in [0.2, 0.25) is 0 Å². The Morgan fingerprint density at radius 1 is 1.46 bits per heavy atom. The lowest BCUT2D eigenvalue weighted by atomic mass is 10.1. The summed E-state index contributed by atoms with van der Waals surface area (Å²) in [5, 5.41) is 18.1. The molecule has 0 amide bonds. The van der Waals surface area contributed by atoms with Gasteiger partial charge in [0.2, 0.25) is 0 Å². The minimum atomic E-state index is -0.502. The topological polar surface area (TPSA) is 40.5 Å². The molecule has 13 heavy (non-hydrogen) atoms. The second kappa shape index (κ2) is 8.02. The normalized spacial score (nSPS) is 15.2. The van der Waals surface area contributed by atoms with Gasteiger partial charge in [-0.25, -0.2) is 0 Å². The zero-order valence-corrected chi connectivity index (χ0v) is 8.53. The molecule has 76 valence electrons. The van der Waals surface area contributed by atoms with E-state index in [0.717, 1.165) is 18.4 Å². The summed E-state index contributed by atoms with van der Waals surface area (Å²) >= 11 is 0. The zero-order valence-electron chi connectivity index (χ0n) is 8.53. The van der Waals surface area contributed by atoms with Gasteiger partial charge < -0.3 is 10.2 Å². The van der Waals surface area contributed by atoms with Gasteiger partial charge in [-0.2, -0.15) is 0 Å². The maximum atomic E-state index is 9.43. The number of aliphatic hydroxyl groups excluding tert-OH is 2. The fraction of sp³-hybridized carbons (Fsp3) is 0.636. The Balaban J connectivity index is 3.83. The Hall–Kier alpha value is -0.600. The smallest absolute Gasteiger partial charge is 0.0905 e. The molecule has 2 heteroatoms. The van der Waals surface area contributed by atoms with Crippen LogP contribution >= 0.6 is 0 Å². The van der Waals surface area contributed by atoms with Gasteiger partial charge in [0.25, 0.3) is 0 Å². The summed E-state index contributed by atoms with van der Waals surface area (Å²) in [6.45, 7) is 4.16. The third-order valence-electron chi connectivity index (χ3n) is 1.75. The molecule has 0 aromatic heterocycles. The molecule has 2 nitrogen and oxygen atoms in total. The van der Waals surface area contributed by atoms with E-state index in [4.69, 9.17) is 5.11 Å². The van der Waals surface area contributed by atoms with Crippen molar-refractivity contribution in [1.82, 2.24) is 0 Å². The molecule has 0 saturated heterocycles. The van der Waals surface area contributed by atoms with Gasteiger partial charge in [0.1, 0.15) is 0 Å². The SMILES string of the molecule is CCC/C=C/C(O)C=C(C)CCO. The first-order valence-electron chi connectivity index (χ1n) is 4.83. The molecule has 0 radical (unpaired) electrons. The average molecular weight is 184 g/mol. The third kappa shape index (κ3) is 7.75. The van der Waals surface area contributed by atoms with Crippen LogP contribution in [0, 0.1) is 0 Å². The Bertz CT molecular complexity index is 171. The van der Waals surface area contributed by atoms with Crippen molar-refractivity contribution in [2.45, 2.75) is 39.2 Å². The van der Waals surface area contributed by atoms with Crippen LogP contribution in [0.3, 0.4) is 0 Å². The van der Waals surface area contributed by atoms with Crippen molar-refractivity contribution < 1.29 is 10.2 Å². The van der Waals surface area contributed by atoms with Crippen molar-refractivity contribution in [3.05, 3.63) is 23.8 Å². The monoisotopic (exact) mass is 184 g/mol. The summed E-state index contributed by atoms with van der Waals surface area (Å²) in [6.07, 6.45) is 7.77. The van der Waals surface area contributed by atoms with Crippen molar-refractivity contribution in [1.29, 1.82) is 0 Å². The minimum absolute atomic E-state index is 0.147. The summed E-state index contributed by atoms with van der Waals surface area (Å²) in [7, 11) is 0. The van der Waals surface area contributed by atoms with Crippen molar-refractivity contribution in [3.8, 4) is 0 Å². The van der Waals surface area contributed by atoms with Crippen molar-refractivity contribution in [2.24, 2.45) is 0 Å². The predicted molar refractivity (Wildman–Crippen MR) is 55.5 cm³/mol. The summed E-state index contributed by atoms with van der Waals surface area (Å²) < 4.78 is 0. The first kappa shape index (κ1) is 12.4. The number of hydrogen-bond acceptors (Lipinski definition) is 2. The number of rotatable bonds is 6. The Kier molecular flexibility index (Phi) is 7.65. The molecule has 1 atom stereocenters. The second-order valence-corrected chi connectivity index (χ2v) is 3.19. The van der Waals surface area contributed by atoms with Crippen LogP contribution in [-0.2, 0) is 0 Å². The highest BCUT2D eigenvalue weighted by Gasteiger charge is 1.94. The van der Waals surface area contributed by atoms with Crippen LogP contribution in [0.15, 0.2) is 23.8 Å². The van der Waals surface area contributed by atoms with E-state index >= 15 is 0 Å². The average Bonchev–Trinajstić information content (AvgIpc) is 2.05. The van der Waals surface area contributed by atoms with Crippen LogP contribution in [0.1, 0.15) is 33.1 Å². The van der Waals surface area contributed by atoms with E-state index in [9.17, 15) is 5.11 Å². The van der Waals surface area contributed by atoms with Crippen molar-refractivity contribution in [3.63, 3.8) is 0 Å². The number of allylic oxidation sites excluding steroid dienone is 1. The molecule has 0 fully saturated rings. The molecule has 0 aromatic rings. The number of hydrogen-bond donors (Lipinski definition) is 2. The van der Waals surface area contributed by atoms with Gasteiger partial charge in [-0.1, -0.05) is 37.1 Å². The molecular formula is C11H20O2. The lowest BCUT2D eigenvalue weighted by molar-refractivity contribution is 0.267. The molecule has 0 heterocycles. The maximum Gasteiger partial charge on any atom is 0.0905 e. The molecule has 0 aliphatic rings. The van der Waals surface area contributed by atoms with Crippen LogP contribution in [0.5, 0.6) is 0 Å². The molecule has 0 bridgehead atoms. The minimum Gasteiger partial charge on any atom is -0.396 e. The Labute approximate surface area is 80.6 Å². The molecule has 0 aromatic carbocycles. The highest BCUT2D eigenvalue weighted by Crippen LogP contribution is 2.02. The van der Waals surface area contributed by atoms with E-state index in [2.05, 4.69) is 6.92 Å². The standard InChI is InChI=1S/C11H20O2/c1-3-4-5-6-11(13)9-10(2)7-8-12/h5-6,9,11-13H,3-4,7-8H2,1-2H3/b6-5+,10-9?. The first-order chi connectivity index (χ1) is 6.20. The fourth-order valence-electron chi connectivity index (χ4n) is 1.01. The summed E-state index contributed by atoms with van der Waals surface area (Å²) in [5.74, 6) is 0. The largest absolute Gasteiger partial charge is 0.396 e. The number of unbranched alkanes of at least 4 members (excludes halogenated alkanes) is 1. The van der Waals surface area contributed by atoms with E-state index < -0.39 is 6.10 Å². The van der Waals surface area contributed by atoms with Crippen LogP contribution in [0.25, 0.3) is 0 Å². The molecule has 0 saturated carbocycles. The van der Waals surface area contributed by atoms with E-state index in [1.54, 1.807) is 12.2 Å². The van der Waals surface area contributed by atoms with Crippen LogP contribution in [0.4, 0.5) is 0 Å². The first-order valence-corrected chi connectivity index (χ1v) is 4.83. The highest BCUT2D eigenvalue weighted by molar-refractivity contribution is 5.08. The van der Waals surface area contributed by atoms with Crippen LogP contribution < -0.4 is 0 Å². The zero-order chi connectivity index (χ0) is 10.1. The van der Waals surface area contributed by atoms with Gasteiger partial charge in [-0.3, -0.25) is 0 Å². The lowest BCUT2D eigenvalue weighted by Crippen LogP contribution is -1.98. The molecule has 0 aliphatic carbocycles. The molecule has 0 spiro atoms. The van der Waals surface area contributed by atoms with Gasteiger partial charge in [0.05, 0.1) is 6.10 Å². The summed E-state index contributed by atoms with van der Waals surface area (Å²) in [6, 6.07) is 0. The Morgan fingerprint density at radius 2 is 2.15 bits per heavy atom. The lowest BCUT2D eigenvalue weighted by Gasteiger charge is -2.01. The van der Waals surface area contributed by atoms with Gasteiger partial charge in [-0.05, 0) is 19.8 Å². The summed E-state index contributed by atoms with van der Waals surface area (Å²) in [5.41, 5.74) is 1.02. The van der Waals surface area contributed by atoms with Crippen LogP contribution in [-0.4, -0.2) is 22.9 Å². The van der Waals surface area contributed by atoms with E-state index in [1.165, 1.54) is 0 Å². The van der Waals surface area contributed by atoms with Crippen molar-refractivity contribution >= 4 is 0 Å². The number of aliphatic hydroxyl groups is 2. The fourth-order valence-corrected chi connectivity index (χ4v) is 1.01. The van der Waals surface area contributed by atoms with E-state index in [-0.39, 0.29) is 6.61 Å². The molecular weight excluding hydrogens is 164 g/mol.